The Morgan fingerprint density at radius 3 is 2.81 bits per heavy atom. The molecule has 2 rings (SSSR count). The normalized spacial score (nSPS) is 23.8. The van der Waals surface area contributed by atoms with E-state index in [1.165, 1.54) is 7.11 Å². The van der Waals surface area contributed by atoms with Gasteiger partial charge in [-0.25, -0.2) is 0 Å². The highest BCUT2D eigenvalue weighted by atomic mass is 16.6. The molecule has 1 aliphatic heterocycles. The van der Waals surface area contributed by atoms with Gasteiger partial charge in [0.1, 0.15) is 12.2 Å². The highest BCUT2D eigenvalue weighted by molar-refractivity contribution is 5.69. The molecule has 1 aliphatic rings. The minimum atomic E-state index is -0.529. The van der Waals surface area contributed by atoms with Crippen molar-refractivity contribution in [1.82, 2.24) is 0 Å². The first-order valence-corrected chi connectivity index (χ1v) is 8.72. The molecule has 1 heterocycles. The van der Waals surface area contributed by atoms with Gasteiger partial charge < -0.3 is 24.1 Å². The topological polar surface area (TPSA) is 74.2 Å². The Labute approximate surface area is 154 Å². The van der Waals surface area contributed by atoms with E-state index in [1.54, 1.807) is 0 Å². The number of terminal acetylenes is 1. The number of carbonyl (C=O) groups is 1. The zero-order chi connectivity index (χ0) is 18.8. The first kappa shape index (κ1) is 20.4. The largest absolute Gasteiger partial charge is 0.469 e. The number of hydrogen-bond donors (Lipinski definition) is 1. The van der Waals surface area contributed by atoms with Crippen LogP contribution in [0.25, 0.3) is 0 Å². The predicted octanol–water partition coefficient (Wildman–Crippen LogP) is 1.69. The van der Waals surface area contributed by atoms with Crippen LogP contribution in [0.4, 0.5) is 0 Å². The van der Waals surface area contributed by atoms with Crippen molar-refractivity contribution in [2.75, 3.05) is 20.3 Å². The molecule has 1 aromatic carbocycles. The monoisotopic (exact) mass is 362 g/mol. The van der Waals surface area contributed by atoms with Crippen LogP contribution in [0.5, 0.6) is 0 Å². The maximum Gasteiger partial charge on any atom is 0.308 e. The van der Waals surface area contributed by atoms with Gasteiger partial charge >= 0.3 is 5.97 Å². The second-order valence-corrected chi connectivity index (χ2v) is 6.17. The van der Waals surface area contributed by atoms with Gasteiger partial charge in [0.15, 0.2) is 0 Å². The minimum Gasteiger partial charge on any atom is -0.469 e. The molecule has 1 fully saturated rings. The molecule has 0 amide bonds. The van der Waals surface area contributed by atoms with E-state index in [9.17, 15) is 9.90 Å². The average molecular weight is 362 g/mol. The summed E-state index contributed by atoms with van der Waals surface area (Å²) in [6, 6.07) is 9.80. The molecule has 6 nitrogen and oxygen atoms in total. The van der Waals surface area contributed by atoms with Crippen LogP contribution in [-0.4, -0.2) is 55.8 Å². The number of carbonyl (C=O) groups excluding carboxylic acids is 1. The summed E-state index contributed by atoms with van der Waals surface area (Å²) < 4.78 is 21.9. The van der Waals surface area contributed by atoms with Gasteiger partial charge in [-0.1, -0.05) is 36.3 Å². The molecule has 0 unspecified atom stereocenters. The van der Waals surface area contributed by atoms with Gasteiger partial charge in [-0.2, -0.15) is 0 Å². The van der Waals surface area contributed by atoms with Gasteiger partial charge in [0.05, 0.1) is 45.6 Å². The van der Waals surface area contributed by atoms with Gasteiger partial charge in [-0.15, -0.1) is 6.42 Å². The van der Waals surface area contributed by atoms with Crippen LogP contribution < -0.4 is 0 Å². The molecule has 26 heavy (non-hydrogen) atoms. The minimum absolute atomic E-state index is 0.165. The van der Waals surface area contributed by atoms with Crippen molar-refractivity contribution in [3.63, 3.8) is 0 Å². The van der Waals surface area contributed by atoms with Crippen molar-refractivity contribution in [3.8, 4) is 12.3 Å². The molecular weight excluding hydrogens is 336 g/mol. The van der Waals surface area contributed by atoms with Crippen molar-refractivity contribution in [2.24, 2.45) is 0 Å². The summed E-state index contributed by atoms with van der Waals surface area (Å²) in [4.78, 5) is 11.4. The highest BCUT2D eigenvalue weighted by Gasteiger charge is 2.34. The molecule has 142 valence electrons. The van der Waals surface area contributed by atoms with E-state index in [0.717, 1.165) is 5.56 Å². The van der Waals surface area contributed by atoms with Crippen LogP contribution in [0.2, 0.25) is 0 Å². The number of benzene rings is 1. The summed E-state index contributed by atoms with van der Waals surface area (Å²) in [5.74, 6) is 2.24. The molecule has 0 aromatic heterocycles. The Morgan fingerprint density at radius 1 is 1.38 bits per heavy atom. The standard InChI is InChI=1S/C20H26O6/c1-3-16(14-24-13-15-7-5-4-6-8-15)25-18-10-9-17(11-20(22)23-2)26-19(18)12-21/h1,4-8,16-19,21H,9-14H2,2H3/t16-,17+,18-,19+/m0/s1. The van der Waals surface area contributed by atoms with Gasteiger partial charge in [-0.05, 0) is 18.4 Å². The van der Waals surface area contributed by atoms with Crippen molar-refractivity contribution in [1.29, 1.82) is 0 Å². The SMILES string of the molecule is C#C[C@@H](COCc1ccccc1)O[C@H]1CC[C@H](CC(=O)OC)O[C@@H]1CO. The Bertz CT molecular complexity index is 582. The summed E-state index contributed by atoms with van der Waals surface area (Å²) in [5, 5.41) is 9.58. The Balaban J connectivity index is 1.79. The van der Waals surface area contributed by atoms with E-state index in [2.05, 4.69) is 10.7 Å². The van der Waals surface area contributed by atoms with Crippen LogP contribution in [0, 0.1) is 12.3 Å². The quantitative estimate of drug-likeness (QED) is 0.532. The van der Waals surface area contributed by atoms with Gasteiger partial charge in [0, 0.05) is 0 Å². The average Bonchev–Trinajstić information content (AvgIpc) is 2.68. The van der Waals surface area contributed by atoms with E-state index in [1.807, 2.05) is 30.3 Å². The lowest BCUT2D eigenvalue weighted by Crippen LogP contribution is -2.45. The molecule has 6 heteroatoms. The van der Waals surface area contributed by atoms with E-state index in [0.29, 0.717) is 19.4 Å². The fourth-order valence-corrected chi connectivity index (χ4v) is 2.87. The molecule has 0 spiro atoms. The maximum absolute atomic E-state index is 11.4. The van der Waals surface area contributed by atoms with Crippen molar-refractivity contribution < 1.29 is 28.8 Å². The Kier molecular flexibility index (Phi) is 8.59. The third kappa shape index (κ3) is 6.43. The molecule has 1 saturated heterocycles. The lowest BCUT2D eigenvalue weighted by Gasteiger charge is -2.36. The predicted molar refractivity (Wildman–Crippen MR) is 95.2 cm³/mol. The number of aliphatic hydroxyl groups is 1. The van der Waals surface area contributed by atoms with Crippen LogP contribution >= 0.6 is 0 Å². The molecule has 0 saturated carbocycles. The first-order chi connectivity index (χ1) is 12.7. The molecule has 4 atom stereocenters. The maximum atomic E-state index is 11.4. The second kappa shape index (κ2) is 10.9. The van der Waals surface area contributed by atoms with Gasteiger partial charge in [-0.3, -0.25) is 4.79 Å². The lowest BCUT2D eigenvalue weighted by molar-refractivity contribution is -0.176. The third-order valence-electron chi connectivity index (χ3n) is 4.26. The summed E-state index contributed by atoms with van der Waals surface area (Å²) in [6.45, 7) is 0.504. The van der Waals surface area contributed by atoms with Crippen molar-refractivity contribution in [2.45, 2.75) is 50.3 Å². The molecular formula is C20H26O6. The number of ether oxygens (including phenoxy) is 4. The first-order valence-electron chi connectivity index (χ1n) is 8.72. The fraction of sp³-hybridized carbons (Fsp3) is 0.550. The Hall–Kier alpha value is -1.91. The molecule has 0 bridgehead atoms. The summed E-state index contributed by atoms with van der Waals surface area (Å²) in [7, 11) is 1.34. The number of aliphatic hydroxyl groups excluding tert-OH is 1. The zero-order valence-electron chi connectivity index (χ0n) is 15.0. The number of esters is 1. The molecule has 1 aromatic rings. The van der Waals surface area contributed by atoms with E-state index in [-0.39, 0.29) is 37.8 Å². The van der Waals surface area contributed by atoms with Gasteiger partial charge in [0.2, 0.25) is 0 Å². The smallest absolute Gasteiger partial charge is 0.308 e. The van der Waals surface area contributed by atoms with Crippen molar-refractivity contribution in [3.05, 3.63) is 35.9 Å². The second-order valence-electron chi connectivity index (χ2n) is 6.17. The number of methoxy groups -OCH3 is 1. The number of hydrogen-bond acceptors (Lipinski definition) is 6. The van der Waals surface area contributed by atoms with Crippen molar-refractivity contribution >= 4 is 5.97 Å². The number of rotatable bonds is 9. The Morgan fingerprint density at radius 2 is 2.15 bits per heavy atom. The fourth-order valence-electron chi connectivity index (χ4n) is 2.87. The molecule has 0 radical (unpaired) electrons. The van der Waals surface area contributed by atoms with E-state index in [4.69, 9.17) is 20.6 Å². The lowest BCUT2D eigenvalue weighted by atomic mass is 9.99. The van der Waals surface area contributed by atoms with E-state index >= 15 is 0 Å². The summed E-state index contributed by atoms with van der Waals surface area (Å²) in [6.07, 6.45) is 5.32. The third-order valence-corrected chi connectivity index (χ3v) is 4.26. The van der Waals surface area contributed by atoms with Crippen LogP contribution in [-0.2, 0) is 30.3 Å². The van der Waals surface area contributed by atoms with Gasteiger partial charge in [0.25, 0.3) is 0 Å². The van der Waals surface area contributed by atoms with Crippen LogP contribution in [0.1, 0.15) is 24.8 Å². The summed E-state index contributed by atoms with van der Waals surface area (Å²) in [5.41, 5.74) is 1.06. The van der Waals surface area contributed by atoms with Crippen LogP contribution in [0.3, 0.4) is 0 Å². The molecule has 1 N–H and O–H groups in total. The van der Waals surface area contributed by atoms with Crippen LogP contribution in [0.15, 0.2) is 30.3 Å². The van der Waals surface area contributed by atoms with E-state index < -0.39 is 12.2 Å². The summed E-state index contributed by atoms with van der Waals surface area (Å²) >= 11 is 0. The molecule has 0 aliphatic carbocycles. The zero-order valence-corrected chi connectivity index (χ0v) is 15.0. The highest BCUT2D eigenvalue weighted by Crippen LogP contribution is 2.25.